The maximum absolute atomic E-state index is 4.25. The predicted octanol–water partition coefficient (Wildman–Crippen LogP) is 1.71. The van der Waals surface area contributed by atoms with Crippen molar-refractivity contribution < 1.29 is 0 Å². The summed E-state index contributed by atoms with van der Waals surface area (Å²) in [5.74, 6) is 6.46. The van der Waals surface area contributed by atoms with Gasteiger partial charge in [-0.2, -0.15) is 4.37 Å². The van der Waals surface area contributed by atoms with Crippen LogP contribution in [0, 0.1) is 11.8 Å². The van der Waals surface area contributed by atoms with E-state index in [0.717, 1.165) is 43.4 Å². The lowest BCUT2D eigenvalue weighted by Crippen LogP contribution is -2.46. The van der Waals surface area contributed by atoms with Crippen molar-refractivity contribution in [2.24, 2.45) is 0 Å². The molecule has 2 aromatic rings. The maximum Gasteiger partial charge on any atom is 0.205 e. The van der Waals surface area contributed by atoms with E-state index in [-0.39, 0.29) is 0 Å². The van der Waals surface area contributed by atoms with Crippen LogP contribution >= 0.6 is 11.5 Å². The van der Waals surface area contributed by atoms with E-state index in [1.54, 1.807) is 6.33 Å². The molecule has 0 bridgehead atoms. The lowest BCUT2D eigenvalue weighted by molar-refractivity contribution is 0.288. The summed E-state index contributed by atoms with van der Waals surface area (Å²) in [6.07, 6.45) is 1.62. The molecule has 1 aromatic carbocycles. The Kier molecular flexibility index (Phi) is 4.26. The van der Waals surface area contributed by atoms with E-state index in [2.05, 4.69) is 31.0 Å². The van der Waals surface area contributed by atoms with Gasteiger partial charge in [-0.25, -0.2) is 4.98 Å². The summed E-state index contributed by atoms with van der Waals surface area (Å²) in [6.45, 7) is 4.90. The standard InChI is InChI=1S/C15H16N4S/c1-2-5-14(6-3-1)7-4-8-18-9-11-19(12-10-18)15-16-13-17-20-15/h1-3,5-6,13H,8-12H2. The molecule has 0 unspecified atom stereocenters. The van der Waals surface area contributed by atoms with Crippen LogP contribution in [-0.2, 0) is 0 Å². The molecular weight excluding hydrogens is 268 g/mol. The number of rotatable bonds is 2. The minimum Gasteiger partial charge on any atom is -0.344 e. The minimum atomic E-state index is 0.832. The SMILES string of the molecule is C(#Cc1ccccc1)CN1CCN(c2ncns2)CC1. The summed E-state index contributed by atoms with van der Waals surface area (Å²) in [6, 6.07) is 10.1. The van der Waals surface area contributed by atoms with Gasteiger partial charge in [0.1, 0.15) is 6.33 Å². The van der Waals surface area contributed by atoms with Crippen LogP contribution in [0.4, 0.5) is 5.13 Å². The molecule has 1 fully saturated rings. The maximum atomic E-state index is 4.25. The first-order chi connectivity index (χ1) is 9.92. The summed E-state index contributed by atoms with van der Waals surface area (Å²) in [4.78, 5) is 8.93. The Balaban J connectivity index is 1.49. The zero-order valence-corrected chi connectivity index (χ0v) is 12.0. The van der Waals surface area contributed by atoms with E-state index >= 15 is 0 Å². The highest BCUT2D eigenvalue weighted by molar-refractivity contribution is 7.09. The molecule has 1 saturated heterocycles. The summed E-state index contributed by atoms with van der Waals surface area (Å²) in [5, 5.41) is 1.03. The second kappa shape index (κ2) is 6.51. The van der Waals surface area contributed by atoms with Crippen molar-refractivity contribution in [3.05, 3.63) is 42.2 Å². The van der Waals surface area contributed by atoms with Gasteiger partial charge in [-0.3, -0.25) is 4.90 Å². The lowest BCUT2D eigenvalue weighted by Gasteiger charge is -2.33. The normalized spacial score (nSPS) is 15.7. The zero-order valence-electron chi connectivity index (χ0n) is 11.2. The molecule has 102 valence electrons. The van der Waals surface area contributed by atoms with E-state index in [1.807, 2.05) is 30.3 Å². The highest BCUT2D eigenvalue weighted by Crippen LogP contribution is 2.16. The first-order valence-electron chi connectivity index (χ1n) is 6.70. The van der Waals surface area contributed by atoms with Crippen molar-refractivity contribution in [2.45, 2.75) is 0 Å². The molecule has 0 N–H and O–H groups in total. The van der Waals surface area contributed by atoms with Crippen molar-refractivity contribution >= 4 is 16.7 Å². The molecular formula is C15H16N4S. The fourth-order valence-corrected chi connectivity index (χ4v) is 2.76. The van der Waals surface area contributed by atoms with Gasteiger partial charge in [0.05, 0.1) is 6.54 Å². The molecule has 0 spiro atoms. The van der Waals surface area contributed by atoms with Crippen LogP contribution in [0.1, 0.15) is 5.56 Å². The number of hydrogen-bond donors (Lipinski definition) is 0. The second-order valence-electron chi connectivity index (χ2n) is 4.65. The molecule has 5 heteroatoms. The van der Waals surface area contributed by atoms with Crippen LogP contribution in [0.2, 0.25) is 0 Å². The molecule has 4 nitrogen and oxygen atoms in total. The smallest absolute Gasteiger partial charge is 0.205 e. The van der Waals surface area contributed by atoms with Gasteiger partial charge in [0, 0.05) is 43.3 Å². The van der Waals surface area contributed by atoms with Crippen LogP contribution in [0.3, 0.4) is 0 Å². The topological polar surface area (TPSA) is 32.3 Å². The first-order valence-corrected chi connectivity index (χ1v) is 7.47. The average Bonchev–Trinajstić information content (AvgIpc) is 3.03. The van der Waals surface area contributed by atoms with E-state index < -0.39 is 0 Å². The van der Waals surface area contributed by atoms with Crippen molar-refractivity contribution in [2.75, 3.05) is 37.6 Å². The summed E-state index contributed by atoms with van der Waals surface area (Å²) < 4.78 is 4.05. The average molecular weight is 284 g/mol. The van der Waals surface area contributed by atoms with Crippen molar-refractivity contribution in [1.82, 2.24) is 14.3 Å². The second-order valence-corrected chi connectivity index (χ2v) is 5.41. The molecule has 1 aliphatic rings. The molecule has 0 amide bonds. The molecule has 0 saturated carbocycles. The summed E-state index contributed by atoms with van der Waals surface area (Å²) in [7, 11) is 0. The third-order valence-electron chi connectivity index (χ3n) is 3.30. The van der Waals surface area contributed by atoms with E-state index in [4.69, 9.17) is 0 Å². The number of benzene rings is 1. The Morgan fingerprint density at radius 1 is 1.10 bits per heavy atom. The monoisotopic (exact) mass is 284 g/mol. The van der Waals surface area contributed by atoms with E-state index in [1.165, 1.54) is 11.5 Å². The Morgan fingerprint density at radius 2 is 1.90 bits per heavy atom. The van der Waals surface area contributed by atoms with Gasteiger partial charge in [0.25, 0.3) is 0 Å². The van der Waals surface area contributed by atoms with Crippen molar-refractivity contribution in [3.8, 4) is 11.8 Å². The molecule has 0 radical (unpaired) electrons. The Hall–Kier alpha value is -1.90. The fraction of sp³-hybridized carbons (Fsp3) is 0.333. The van der Waals surface area contributed by atoms with Gasteiger partial charge in [0.2, 0.25) is 5.13 Å². The Bertz CT molecular complexity index is 577. The molecule has 1 aliphatic heterocycles. The van der Waals surface area contributed by atoms with Gasteiger partial charge in [-0.15, -0.1) is 0 Å². The van der Waals surface area contributed by atoms with Crippen LogP contribution < -0.4 is 4.90 Å². The van der Waals surface area contributed by atoms with Crippen molar-refractivity contribution in [3.63, 3.8) is 0 Å². The van der Waals surface area contributed by atoms with Gasteiger partial charge >= 0.3 is 0 Å². The summed E-state index contributed by atoms with van der Waals surface area (Å²) in [5.41, 5.74) is 1.08. The molecule has 0 aliphatic carbocycles. The van der Waals surface area contributed by atoms with E-state index in [0.29, 0.717) is 0 Å². The van der Waals surface area contributed by atoms with Crippen LogP contribution in [0.5, 0.6) is 0 Å². The van der Waals surface area contributed by atoms with Gasteiger partial charge in [-0.1, -0.05) is 30.0 Å². The fourth-order valence-electron chi connectivity index (χ4n) is 2.18. The molecule has 1 aromatic heterocycles. The summed E-state index contributed by atoms with van der Waals surface area (Å²) >= 11 is 1.46. The molecule has 0 atom stereocenters. The van der Waals surface area contributed by atoms with Crippen LogP contribution in [0.15, 0.2) is 36.7 Å². The number of hydrogen-bond acceptors (Lipinski definition) is 5. The predicted molar refractivity (Wildman–Crippen MR) is 81.9 cm³/mol. The highest BCUT2D eigenvalue weighted by Gasteiger charge is 2.17. The lowest BCUT2D eigenvalue weighted by atomic mass is 10.2. The number of anilines is 1. The third-order valence-corrected chi connectivity index (χ3v) is 4.03. The van der Waals surface area contributed by atoms with Gasteiger partial charge in [-0.05, 0) is 12.1 Å². The van der Waals surface area contributed by atoms with Crippen molar-refractivity contribution in [1.29, 1.82) is 0 Å². The Labute approximate surface area is 123 Å². The van der Waals surface area contributed by atoms with Gasteiger partial charge in [0.15, 0.2) is 0 Å². The van der Waals surface area contributed by atoms with Crippen LogP contribution in [-0.4, -0.2) is 47.0 Å². The first kappa shape index (κ1) is 13.1. The molecule has 2 heterocycles. The number of nitrogens with zero attached hydrogens (tertiary/aromatic N) is 4. The number of piperazine rings is 1. The van der Waals surface area contributed by atoms with Crippen LogP contribution in [0.25, 0.3) is 0 Å². The number of aromatic nitrogens is 2. The Morgan fingerprint density at radius 3 is 2.60 bits per heavy atom. The van der Waals surface area contributed by atoms with Gasteiger partial charge < -0.3 is 4.90 Å². The third kappa shape index (κ3) is 3.35. The zero-order chi connectivity index (χ0) is 13.6. The van der Waals surface area contributed by atoms with E-state index in [9.17, 15) is 0 Å². The quantitative estimate of drug-likeness (QED) is 0.786. The molecule has 20 heavy (non-hydrogen) atoms. The highest BCUT2D eigenvalue weighted by atomic mass is 32.1. The minimum absolute atomic E-state index is 0.832. The molecule has 3 rings (SSSR count). The largest absolute Gasteiger partial charge is 0.344 e.